The van der Waals surface area contributed by atoms with Crippen LogP contribution in [0, 0.1) is 5.82 Å². The smallest absolute Gasteiger partial charge is 0.244 e. The second kappa shape index (κ2) is 9.47. The maximum Gasteiger partial charge on any atom is 0.244 e. The molecule has 0 bridgehead atoms. The second-order valence-electron chi connectivity index (χ2n) is 8.40. The van der Waals surface area contributed by atoms with Crippen molar-refractivity contribution >= 4 is 11.4 Å². The number of rotatable bonds is 7. The first-order chi connectivity index (χ1) is 15.4. The van der Waals surface area contributed by atoms with Crippen LogP contribution in [0.1, 0.15) is 25.7 Å². The standard InChI is InChI=1S/C22H28FN7O2/c1-28(2)9-5-8-20(31)26-16-6-4-7-17(10-16)32-22-21-18(23)12-25-30(21)14-19(27-22)15-11-24-29(3)13-15/h5,8,11-14,16-17H,4,6-7,9-10H2,1-3H3,(H,26,31)/b8-5+/t16-,17+/m0/s1. The quantitative estimate of drug-likeness (QED) is 0.566. The summed E-state index contributed by atoms with van der Waals surface area (Å²) in [6.45, 7) is 0.704. The fourth-order valence-electron chi connectivity index (χ4n) is 3.88. The van der Waals surface area contributed by atoms with Crippen LogP contribution < -0.4 is 10.1 Å². The van der Waals surface area contributed by atoms with Gasteiger partial charge in [-0.3, -0.25) is 9.48 Å². The summed E-state index contributed by atoms with van der Waals surface area (Å²) in [7, 11) is 5.71. The molecule has 3 heterocycles. The summed E-state index contributed by atoms with van der Waals surface area (Å²) in [5, 5.41) is 11.3. The number of carbonyl (C=O) groups is 1. The summed E-state index contributed by atoms with van der Waals surface area (Å²) < 4.78 is 23.7. The van der Waals surface area contributed by atoms with E-state index in [0.29, 0.717) is 18.7 Å². The summed E-state index contributed by atoms with van der Waals surface area (Å²) in [4.78, 5) is 18.8. The van der Waals surface area contributed by atoms with Crippen molar-refractivity contribution < 1.29 is 13.9 Å². The number of ether oxygens (including phenoxy) is 1. The van der Waals surface area contributed by atoms with E-state index in [1.165, 1.54) is 4.52 Å². The third-order valence-electron chi connectivity index (χ3n) is 5.41. The number of carbonyl (C=O) groups excluding carboxylic acids is 1. The van der Waals surface area contributed by atoms with E-state index < -0.39 is 5.82 Å². The minimum atomic E-state index is -0.489. The average Bonchev–Trinajstić information content (AvgIpc) is 3.34. The molecule has 3 aromatic heterocycles. The Morgan fingerprint density at radius 1 is 1.31 bits per heavy atom. The summed E-state index contributed by atoms with van der Waals surface area (Å²) in [6, 6.07) is -0.00228. The SMILES string of the molecule is CN(C)C/C=C/C(=O)N[C@H]1CCC[C@@H](Oc2nc(-c3cnn(C)c3)cn3ncc(F)c23)C1. The van der Waals surface area contributed by atoms with E-state index in [1.54, 1.807) is 23.2 Å². The van der Waals surface area contributed by atoms with Gasteiger partial charge in [-0.15, -0.1) is 0 Å². The average molecular weight is 442 g/mol. The normalized spacial score (nSPS) is 19.2. The molecule has 9 nitrogen and oxygen atoms in total. The first-order valence-electron chi connectivity index (χ1n) is 10.7. The summed E-state index contributed by atoms with van der Waals surface area (Å²) in [6.07, 6.45) is 12.8. The highest BCUT2D eigenvalue weighted by Crippen LogP contribution is 2.29. The second-order valence-corrected chi connectivity index (χ2v) is 8.40. The van der Waals surface area contributed by atoms with Crippen LogP contribution in [0.4, 0.5) is 4.39 Å². The van der Waals surface area contributed by atoms with Crippen LogP contribution in [-0.4, -0.2) is 68.0 Å². The molecule has 4 rings (SSSR count). The lowest BCUT2D eigenvalue weighted by atomic mass is 9.93. The maximum absolute atomic E-state index is 14.4. The molecule has 1 amide bonds. The van der Waals surface area contributed by atoms with E-state index in [1.807, 2.05) is 38.3 Å². The molecule has 10 heteroatoms. The van der Waals surface area contributed by atoms with Crippen LogP contribution >= 0.6 is 0 Å². The van der Waals surface area contributed by atoms with Gasteiger partial charge in [-0.1, -0.05) is 6.08 Å². The first-order valence-corrected chi connectivity index (χ1v) is 10.7. The van der Waals surface area contributed by atoms with Gasteiger partial charge >= 0.3 is 0 Å². The predicted molar refractivity (Wildman–Crippen MR) is 118 cm³/mol. The Labute approximate surface area is 185 Å². The van der Waals surface area contributed by atoms with Crippen LogP contribution in [0.15, 0.2) is 36.9 Å². The molecule has 3 aromatic rings. The van der Waals surface area contributed by atoms with E-state index in [0.717, 1.165) is 31.0 Å². The van der Waals surface area contributed by atoms with Gasteiger partial charge in [0.25, 0.3) is 0 Å². The van der Waals surface area contributed by atoms with Crippen LogP contribution in [0.5, 0.6) is 5.88 Å². The van der Waals surface area contributed by atoms with Gasteiger partial charge in [0.2, 0.25) is 11.8 Å². The lowest BCUT2D eigenvalue weighted by molar-refractivity contribution is -0.117. The molecule has 0 radical (unpaired) electrons. The maximum atomic E-state index is 14.4. The molecule has 1 aliphatic rings. The first kappa shape index (κ1) is 21.9. The zero-order chi connectivity index (χ0) is 22.7. The zero-order valence-electron chi connectivity index (χ0n) is 18.5. The van der Waals surface area contributed by atoms with Crippen molar-refractivity contribution in [3.05, 3.63) is 42.8 Å². The number of hydrogen-bond donors (Lipinski definition) is 1. The van der Waals surface area contributed by atoms with Crippen molar-refractivity contribution in [3.8, 4) is 17.1 Å². The van der Waals surface area contributed by atoms with Crippen LogP contribution in [0.25, 0.3) is 16.8 Å². The van der Waals surface area contributed by atoms with E-state index in [2.05, 4.69) is 20.5 Å². The van der Waals surface area contributed by atoms with Gasteiger partial charge in [-0.25, -0.2) is 13.9 Å². The highest BCUT2D eigenvalue weighted by molar-refractivity contribution is 5.87. The van der Waals surface area contributed by atoms with Crippen LogP contribution in [0.2, 0.25) is 0 Å². The monoisotopic (exact) mass is 441 g/mol. The van der Waals surface area contributed by atoms with Crippen molar-refractivity contribution in [1.82, 2.24) is 34.6 Å². The van der Waals surface area contributed by atoms with E-state index >= 15 is 0 Å². The highest BCUT2D eigenvalue weighted by atomic mass is 19.1. The number of aryl methyl sites for hydroxylation is 1. The number of aromatic nitrogens is 5. The van der Waals surface area contributed by atoms with Gasteiger partial charge in [0.05, 0.1) is 24.3 Å². The fraction of sp³-hybridized carbons (Fsp3) is 0.455. The van der Waals surface area contributed by atoms with Gasteiger partial charge in [0, 0.05) is 43.9 Å². The van der Waals surface area contributed by atoms with Crippen molar-refractivity contribution in [3.63, 3.8) is 0 Å². The Bertz CT molecular complexity index is 1120. The predicted octanol–water partition coefficient (Wildman–Crippen LogP) is 2.19. The molecule has 32 heavy (non-hydrogen) atoms. The summed E-state index contributed by atoms with van der Waals surface area (Å²) in [5.74, 6) is -0.403. The number of likely N-dealkylation sites (N-methyl/N-ethyl adjacent to an activating group) is 1. The minimum Gasteiger partial charge on any atom is -0.473 e. The van der Waals surface area contributed by atoms with E-state index in [-0.39, 0.29) is 29.4 Å². The molecule has 1 aliphatic carbocycles. The largest absolute Gasteiger partial charge is 0.473 e. The molecule has 2 atom stereocenters. The molecule has 0 unspecified atom stereocenters. The van der Waals surface area contributed by atoms with Gasteiger partial charge in [0.1, 0.15) is 6.10 Å². The number of hydrogen-bond acceptors (Lipinski definition) is 6. The molecule has 1 fully saturated rings. The molecule has 1 N–H and O–H groups in total. The summed E-state index contributed by atoms with van der Waals surface area (Å²) in [5.41, 5.74) is 1.58. The van der Waals surface area contributed by atoms with Crippen LogP contribution in [0.3, 0.4) is 0 Å². The molecular formula is C22H28FN7O2. The van der Waals surface area contributed by atoms with Crippen molar-refractivity contribution in [2.24, 2.45) is 7.05 Å². The molecule has 0 aromatic carbocycles. The van der Waals surface area contributed by atoms with Gasteiger partial charge in [0.15, 0.2) is 11.3 Å². The van der Waals surface area contributed by atoms with Gasteiger partial charge in [-0.2, -0.15) is 10.2 Å². The number of fused-ring (bicyclic) bond motifs is 1. The highest BCUT2D eigenvalue weighted by Gasteiger charge is 2.26. The van der Waals surface area contributed by atoms with Gasteiger partial charge < -0.3 is 15.0 Å². The van der Waals surface area contributed by atoms with Crippen LogP contribution in [-0.2, 0) is 11.8 Å². The number of nitrogens with one attached hydrogen (secondary N) is 1. The molecular weight excluding hydrogens is 413 g/mol. The lowest BCUT2D eigenvalue weighted by Gasteiger charge is -2.29. The van der Waals surface area contributed by atoms with Gasteiger partial charge in [-0.05, 0) is 33.4 Å². The third kappa shape index (κ3) is 5.13. The Kier molecular flexibility index (Phi) is 6.50. The Balaban J connectivity index is 1.49. The minimum absolute atomic E-state index is 0.00228. The fourth-order valence-corrected chi connectivity index (χ4v) is 3.88. The Morgan fingerprint density at radius 2 is 2.16 bits per heavy atom. The number of halogens is 1. The third-order valence-corrected chi connectivity index (χ3v) is 5.41. The number of nitrogens with zero attached hydrogens (tertiary/aromatic N) is 6. The zero-order valence-corrected chi connectivity index (χ0v) is 18.5. The summed E-state index contributed by atoms with van der Waals surface area (Å²) >= 11 is 0. The Hall–Kier alpha value is -3.27. The molecule has 0 spiro atoms. The molecule has 0 saturated heterocycles. The lowest BCUT2D eigenvalue weighted by Crippen LogP contribution is -2.40. The van der Waals surface area contributed by atoms with Crippen molar-refractivity contribution in [2.75, 3.05) is 20.6 Å². The van der Waals surface area contributed by atoms with E-state index in [4.69, 9.17) is 4.74 Å². The van der Waals surface area contributed by atoms with Crippen molar-refractivity contribution in [1.29, 1.82) is 0 Å². The molecule has 170 valence electrons. The topological polar surface area (TPSA) is 89.6 Å². The Morgan fingerprint density at radius 3 is 2.91 bits per heavy atom. The van der Waals surface area contributed by atoms with Crippen molar-refractivity contribution in [2.45, 2.75) is 37.8 Å². The van der Waals surface area contributed by atoms with E-state index in [9.17, 15) is 9.18 Å². The molecule has 0 aliphatic heterocycles. The molecule has 1 saturated carbocycles. The number of amides is 1.